The van der Waals surface area contributed by atoms with Crippen LogP contribution in [0, 0.1) is 0 Å². The first-order chi connectivity index (χ1) is 33.2. The monoisotopic (exact) mass is 850 g/mol. The van der Waals surface area contributed by atoms with Crippen molar-refractivity contribution in [2.45, 2.75) is 5.41 Å². The maximum atomic E-state index is 5.36. The van der Waals surface area contributed by atoms with E-state index in [1.165, 1.54) is 88.0 Å². The van der Waals surface area contributed by atoms with Crippen molar-refractivity contribution < 1.29 is 0 Å². The number of benzene rings is 11. The van der Waals surface area contributed by atoms with E-state index in [0.717, 1.165) is 28.1 Å². The Kier molecular flexibility index (Phi) is 9.11. The molecule has 0 spiro atoms. The van der Waals surface area contributed by atoms with Gasteiger partial charge in [-0.2, -0.15) is 0 Å². The molecule has 0 fully saturated rings. The summed E-state index contributed by atoms with van der Waals surface area (Å²) in [7, 11) is 0. The molecule has 12 aromatic rings. The van der Waals surface area contributed by atoms with Crippen LogP contribution in [0.1, 0.15) is 22.3 Å². The van der Waals surface area contributed by atoms with Crippen LogP contribution in [-0.4, -0.2) is 9.97 Å². The van der Waals surface area contributed by atoms with E-state index >= 15 is 0 Å². The molecular weight excluding hydrogens is 809 g/mol. The van der Waals surface area contributed by atoms with Crippen LogP contribution in [0.4, 0.5) is 0 Å². The van der Waals surface area contributed by atoms with Gasteiger partial charge in [0.15, 0.2) is 5.82 Å². The van der Waals surface area contributed by atoms with E-state index in [0.29, 0.717) is 5.82 Å². The smallest absolute Gasteiger partial charge is 0.160 e. The summed E-state index contributed by atoms with van der Waals surface area (Å²) in [6.45, 7) is 0. The van der Waals surface area contributed by atoms with Crippen LogP contribution in [0.15, 0.2) is 255 Å². The Morgan fingerprint density at radius 3 is 1.45 bits per heavy atom. The second-order valence-corrected chi connectivity index (χ2v) is 17.6. The lowest BCUT2D eigenvalue weighted by atomic mass is 9.67. The molecule has 0 saturated heterocycles. The second-order valence-electron chi connectivity index (χ2n) is 17.6. The van der Waals surface area contributed by atoms with Gasteiger partial charge in [-0.05, 0) is 106 Å². The van der Waals surface area contributed by atoms with Crippen molar-refractivity contribution in [3.63, 3.8) is 0 Å². The van der Waals surface area contributed by atoms with E-state index in [2.05, 4.69) is 249 Å². The minimum atomic E-state index is -0.436. The lowest BCUT2D eigenvalue weighted by Crippen LogP contribution is -2.28. The summed E-state index contributed by atoms with van der Waals surface area (Å²) in [6, 6.07) is 92.5. The molecule has 0 unspecified atom stereocenters. The van der Waals surface area contributed by atoms with Crippen molar-refractivity contribution in [1.29, 1.82) is 0 Å². The van der Waals surface area contributed by atoms with Gasteiger partial charge in [-0.25, -0.2) is 9.97 Å². The topological polar surface area (TPSA) is 25.8 Å². The molecule has 2 heteroatoms. The molecule has 67 heavy (non-hydrogen) atoms. The highest BCUT2D eigenvalue weighted by Crippen LogP contribution is 2.57. The fraction of sp³-hybridized carbons (Fsp3) is 0.0154. The molecule has 0 atom stereocenters. The average molecular weight is 851 g/mol. The Bertz CT molecular complexity index is 3780. The Morgan fingerprint density at radius 2 is 0.731 bits per heavy atom. The molecule has 1 aliphatic rings. The molecule has 1 heterocycles. The van der Waals surface area contributed by atoms with Crippen molar-refractivity contribution in [3.8, 4) is 67.3 Å². The molecule has 13 rings (SSSR count). The van der Waals surface area contributed by atoms with Gasteiger partial charge in [0, 0.05) is 16.7 Å². The zero-order chi connectivity index (χ0) is 44.3. The Morgan fingerprint density at radius 1 is 0.254 bits per heavy atom. The molecular formula is C65H42N2. The maximum Gasteiger partial charge on any atom is 0.160 e. The molecule has 1 aliphatic carbocycles. The zero-order valence-corrected chi connectivity index (χ0v) is 36.6. The average Bonchev–Trinajstić information content (AvgIpc) is 3.72. The van der Waals surface area contributed by atoms with Crippen molar-refractivity contribution in [1.82, 2.24) is 9.97 Å². The van der Waals surface area contributed by atoms with E-state index < -0.39 is 5.41 Å². The maximum absolute atomic E-state index is 5.36. The zero-order valence-electron chi connectivity index (χ0n) is 36.6. The molecule has 0 amide bonds. The summed E-state index contributed by atoms with van der Waals surface area (Å²) in [5.41, 5.74) is 16.9. The predicted octanol–water partition coefficient (Wildman–Crippen LogP) is 16.6. The number of aromatic nitrogens is 2. The van der Waals surface area contributed by atoms with Crippen LogP contribution in [0.2, 0.25) is 0 Å². The number of nitrogens with zero attached hydrogens (tertiary/aromatic N) is 2. The summed E-state index contributed by atoms with van der Waals surface area (Å²) < 4.78 is 0. The predicted molar refractivity (Wildman–Crippen MR) is 279 cm³/mol. The highest BCUT2D eigenvalue weighted by atomic mass is 14.9. The molecule has 0 N–H and O–H groups in total. The van der Waals surface area contributed by atoms with Crippen molar-refractivity contribution >= 4 is 32.3 Å². The molecule has 1 aromatic heterocycles. The summed E-state index contributed by atoms with van der Waals surface area (Å²) in [5.74, 6) is 0.700. The molecule has 312 valence electrons. The summed E-state index contributed by atoms with van der Waals surface area (Å²) in [5, 5.41) is 7.25. The van der Waals surface area contributed by atoms with Crippen LogP contribution in [0.3, 0.4) is 0 Å². The van der Waals surface area contributed by atoms with Crippen LogP contribution in [0.25, 0.3) is 99.6 Å². The number of fused-ring (bicyclic) bond motifs is 9. The third-order valence-corrected chi connectivity index (χ3v) is 14.0. The number of hydrogen-bond acceptors (Lipinski definition) is 2. The normalized spacial score (nSPS) is 12.6. The SMILES string of the molecule is c1ccc(-c2ccc(-c3cc(-c4cccc5c6ccccc6c6cc(-c7ccc8c(c7)-c7ccccc7C8(c7ccccc7)c7ccccc7)ccc6c45)nc(-c4ccccc4)n3)cc2)cc1. The van der Waals surface area contributed by atoms with Crippen molar-refractivity contribution in [2.75, 3.05) is 0 Å². The Labute approximate surface area is 390 Å². The summed E-state index contributed by atoms with van der Waals surface area (Å²) >= 11 is 0. The van der Waals surface area contributed by atoms with E-state index in [1.54, 1.807) is 0 Å². The van der Waals surface area contributed by atoms with Gasteiger partial charge in [0.25, 0.3) is 0 Å². The largest absolute Gasteiger partial charge is 0.228 e. The fourth-order valence-corrected chi connectivity index (χ4v) is 10.9. The van der Waals surface area contributed by atoms with Gasteiger partial charge < -0.3 is 0 Å². The van der Waals surface area contributed by atoms with E-state index in [-0.39, 0.29) is 0 Å². The van der Waals surface area contributed by atoms with Gasteiger partial charge in [-0.1, -0.05) is 237 Å². The summed E-state index contributed by atoms with van der Waals surface area (Å²) in [6.07, 6.45) is 0. The van der Waals surface area contributed by atoms with Gasteiger partial charge in [0.05, 0.1) is 16.8 Å². The molecule has 0 bridgehead atoms. The van der Waals surface area contributed by atoms with E-state index in [9.17, 15) is 0 Å². The van der Waals surface area contributed by atoms with Crippen LogP contribution in [-0.2, 0) is 5.41 Å². The lowest BCUT2D eigenvalue weighted by molar-refractivity contribution is 0.768. The molecule has 2 nitrogen and oxygen atoms in total. The standard InChI is InChI=1S/C65H42N2/c1-5-18-43(19-6-1)44-32-34-45(35-33-44)61-42-62(67-64(66-61)46-20-7-2-8-21-46)56-30-17-29-54-51-26-13-14-27-52(51)57-40-47(36-38-55(57)63(54)56)48-37-39-60-58(41-48)53-28-15-16-31-59(53)65(60,49-22-9-3-10-23-49)50-24-11-4-12-25-50/h1-42H. The Balaban J connectivity index is 0.998. The quantitative estimate of drug-likeness (QED) is 0.149. The summed E-state index contributed by atoms with van der Waals surface area (Å²) in [4.78, 5) is 10.6. The molecule has 0 saturated carbocycles. The molecule has 0 aliphatic heterocycles. The van der Waals surface area contributed by atoms with Crippen LogP contribution < -0.4 is 0 Å². The second kappa shape index (κ2) is 15.8. The minimum absolute atomic E-state index is 0.436. The first-order valence-corrected chi connectivity index (χ1v) is 23.1. The Hall–Kier alpha value is -8.72. The highest BCUT2D eigenvalue weighted by molar-refractivity contribution is 6.28. The lowest BCUT2D eigenvalue weighted by Gasteiger charge is -2.33. The third-order valence-electron chi connectivity index (χ3n) is 14.0. The van der Waals surface area contributed by atoms with E-state index in [4.69, 9.17) is 9.97 Å². The fourth-order valence-electron chi connectivity index (χ4n) is 10.9. The van der Waals surface area contributed by atoms with Crippen molar-refractivity contribution in [2.24, 2.45) is 0 Å². The first kappa shape index (κ1) is 38.7. The molecule has 11 aromatic carbocycles. The minimum Gasteiger partial charge on any atom is -0.228 e. The third kappa shape index (κ3) is 6.26. The van der Waals surface area contributed by atoms with Gasteiger partial charge in [0.2, 0.25) is 0 Å². The first-order valence-electron chi connectivity index (χ1n) is 23.1. The number of hydrogen-bond donors (Lipinski definition) is 0. The van der Waals surface area contributed by atoms with Gasteiger partial charge in [-0.15, -0.1) is 0 Å². The van der Waals surface area contributed by atoms with Gasteiger partial charge in [0.1, 0.15) is 0 Å². The van der Waals surface area contributed by atoms with Crippen LogP contribution >= 0.6 is 0 Å². The molecule has 0 radical (unpaired) electrons. The van der Waals surface area contributed by atoms with Gasteiger partial charge in [-0.3, -0.25) is 0 Å². The van der Waals surface area contributed by atoms with Crippen LogP contribution in [0.5, 0.6) is 0 Å². The van der Waals surface area contributed by atoms with Crippen molar-refractivity contribution in [3.05, 3.63) is 277 Å². The van der Waals surface area contributed by atoms with Gasteiger partial charge >= 0.3 is 0 Å². The highest BCUT2D eigenvalue weighted by Gasteiger charge is 2.46. The number of rotatable bonds is 7. The van der Waals surface area contributed by atoms with E-state index in [1.807, 2.05) is 6.07 Å².